The predicted octanol–water partition coefficient (Wildman–Crippen LogP) is 4.42. The average molecular weight is 615 g/mol. The highest BCUT2D eigenvalue weighted by Gasteiger charge is 2.50. The summed E-state index contributed by atoms with van der Waals surface area (Å²) in [7, 11) is -7.84. The van der Waals surface area contributed by atoms with Crippen molar-refractivity contribution < 1.29 is 9.13 Å². The van der Waals surface area contributed by atoms with E-state index in [-0.39, 0.29) is 38.4 Å². The quantitative estimate of drug-likeness (QED) is 0.259. The van der Waals surface area contributed by atoms with Crippen LogP contribution in [0.2, 0.25) is 0 Å². The molecule has 0 bridgehead atoms. The van der Waals surface area contributed by atoms with Gasteiger partial charge < -0.3 is 14.0 Å². The van der Waals surface area contributed by atoms with E-state index in [0.717, 1.165) is 0 Å². The number of anilines is 3. The minimum Gasteiger partial charge on any atom is -0.308 e. The molecular formula is C35H16N6O2P2. The fourth-order valence-corrected chi connectivity index (χ4v) is 12.4. The third-order valence-corrected chi connectivity index (χ3v) is 14.3. The van der Waals surface area contributed by atoms with Crippen LogP contribution in [0.5, 0.6) is 0 Å². The van der Waals surface area contributed by atoms with E-state index in [4.69, 9.17) is 0 Å². The molecule has 0 radical (unpaired) electrons. The molecule has 10 heteroatoms. The molecule has 0 amide bonds. The van der Waals surface area contributed by atoms with E-state index in [1.54, 1.807) is 72.8 Å². The van der Waals surface area contributed by atoms with Gasteiger partial charge in [0, 0.05) is 31.8 Å². The Morgan fingerprint density at radius 1 is 0.444 bits per heavy atom. The fourth-order valence-electron chi connectivity index (χ4n) is 6.18. The Hall–Kier alpha value is -6.19. The maximum absolute atomic E-state index is 15.9. The molecular weight excluding hydrogens is 598 g/mol. The zero-order valence-electron chi connectivity index (χ0n) is 23.1. The molecule has 2 atom stereocenters. The molecule has 0 spiro atoms. The standard InChI is InChI=1S/C35H16N6O2P2/c36-17-22-3-1-5-27(11-22)44(42)31-13-24(19-38)7-9-29(31)41-30-10-8-25(20-39)14-32(30)45(43,28-6-2-4-23(12-28)18-37)34-16-26(21-40)15-33(44)35(34)41/h1-16H. The SMILES string of the molecule is N#Cc1cccc(P2(=O)c3cc(C#N)ccc3N3c4ccc(C#N)cc4P(=O)(c4cccc(C#N)c4)c4cc(C#N)cc2c43)c1. The van der Waals surface area contributed by atoms with Crippen LogP contribution in [0.25, 0.3) is 0 Å². The Labute approximate surface area is 258 Å². The van der Waals surface area contributed by atoms with Crippen molar-refractivity contribution >= 4 is 63.2 Å². The molecule has 2 aliphatic heterocycles. The van der Waals surface area contributed by atoms with Crippen molar-refractivity contribution in [3.63, 3.8) is 0 Å². The maximum atomic E-state index is 15.9. The Morgan fingerprint density at radius 2 is 0.822 bits per heavy atom. The second-order valence-electron chi connectivity index (χ2n) is 10.5. The lowest BCUT2D eigenvalue weighted by molar-refractivity contribution is 0.592. The summed E-state index contributed by atoms with van der Waals surface area (Å²) in [6, 6.07) is 36.2. The summed E-state index contributed by atoms with van der Waals surface area (Å²) in [5, 5.41) is 51.1. The molecule has 0 saturated carbocycles. The normalized spacial score (nSPS) is 18.4. The van der Waals surface area contributed by atoms with E-state index in [9.17, 15) is 26.3 Å². The lowest BCUT2D eigenvalue weighted by atomic mass is 10.1. The van der Waals surface area contributed by atoms with Crippen LogP contribution in [0.15, 0.2) is 97.1 Å². The third-order valence-electron chi connectivity index (χ3n) is 8.15. The first-order chi connectivity index (χ1) is 21.8. The van der Waals surface area contributed by atoms with Crippen LogP contribution in [-0.4, -0.2) is 0 Å². The second-order valence-corrected chi connectivity index (χ2v) is 15.9. The van der Waals surface area contributed by atoms with Crippen LogP contribution in [-0.2, 0) is 9.13 Å². The number of nitrogens with zero attached hydrogens (tertiary/aromatic N) is 6. The van der Waals surface area contributed by atoms with Crippen LogP contribution < -0.4 is 36.7 Å². The molecule has 7 rings (SSSR count). The van der Waals surface area contributed by atoms with Crippen molar-refractivity contribution in [3.05, 3.63) is 125 Å². The van der Waals surface area contributed by atoms with Gasteiger partial charge in [0.15, 0.2) is 14.3 Å². The molecule has 0 aromatic heterocycles. The van der Waals surface area contributed by atoms with E-state index in [1.807, 2.05) is 4.90 Å². The van der Waals surface area contributed by atoms with Gasteiger partial charge in [-0.3, -0.25) is 0 Å². The number of rotatable bonds is 2. The van der Waals surface area contributed by atoms with Gasteiger partial charge in [0.2, 0.25) is 0 Å². The highest BCUT2D eigenvalue weighted by molar-refractivity contribution is 7.88. The average Bonchev–Trinajstić information content (AvgIpc) is 3.10. The topological polar surface area (TPSA) is 156 Å². The highest BCUT2D eigenvalue weighted by atomic mass is 31.2. The van der Waals surface area contributed by atoms with Gasteiger partial charge in [0.1, 0.15) is 0 Å². The molecule has 5 aromatic rings. The van der Waals surface area contributed by atoms with Crippen molar-refractivity contribution in [3.8, 4) is 30.3 Å². The summed E-state index contributed by atoms with van der Waals surface area (Å²) in [5.41, 5.74) is 2.51. The number of nitriles is 5. The van der Waals surface area contributed by atoms with Crippen LogP contribution in [0, 0.1) is 56.7 Å². The first-order valence-electron chi connectivity index (χ1n) is 13.5. The molecule has 5 aromatic carbocycles. The molecule has 2 heterocycles. The number of fused-ring (bicyclic) bond motifs is 4. The molecule has 0 N–H and O–H groups in total. The summed E-state index contributed by atoms with van der Waals surface area (Å²) in [6.45, 7) is 0. The Kier molecular flexibility index (Phi) is 6.10. The van der Waals surface area contributed by atoms with Crippen molar-refractivity contribution in [1.82, 2.24) is 0 Å². The van der Waals surface area contributed by atoms with E-state index < -0.39 is 14.3 Å². The predicted molar refractivity (Wildman–Crippen MR) is 171 cm³/mol. The van der Waals surface area contributed by atoms with Crippen molar-refractivity contribution in [2.75, 3.05) is 4.90 Å². The summed E-state index contributed by atoms with van der Waals surface area (Å²) < 4.78 is 31.7. The van der Waals surface area contributed by atoms with Crippen LogP contribution in [0.3, 0.4) is 0 Å². The largest absolute Gasteiger partial charge is 0.308 e. The molecule has 0 fully saturated rings. The number of benzene rings is 5. The Morgan fingerprint density at radius 3 is 1.22 bits per heavy atom. The minimum absolute atomic E-state index is 0.108. The number of hydrogen-bond acceptors (Lipinski definition) is 8. The van der Waals surface area contributed by atoms with Crippen molar-refractivity contribution in [2.24, 2.45) is 0 Å². The fraction of sp³-hybridized carbons (Fsp3) is 0. The zero-order valence-corrected chi connectivity index (χ0v) is 24.9. The van der Waals surface area contributed by atoms with Gasteiger partial charge in [-0.15, -0.1) is 0 Å². The summed E-state index contributed by atoms with van der Waals surface area (Å²) >= 11 is 0. The summed E-state index contributed by atoms with van der Waals surface area (Å²) in [4.78, 5) is 1.83. The van der Waals surface area contributed by atoms with Crippen molar-refractivity contribution in [2.45, 2.75) is 0 Å². The molecule has 2 unspecified atom stereocenters. The molecule has 2 aliphatic rings. The minimum atomic E-state index is -3.92. The molecule has 0 saturated heterocycles. The summed E-state index contributed by atoms with van der Waals surface area (Å²) in [5.74, 6) is 0. The zero-order chi connectivity index (χ0) is 31.5. The number of hydrogen-bond donors (Lipinski definition) is 0. The third kappa shape index (κ3) is 3.74. The first kappa shape index (κ1) is 27.6. The van der Waals surface area contributed by atoms with Crippen LogP contribution in [0.4, 0.5) is 17.1 Å². The van der Waals surface area contributed by atoms with E-state index >= 15 is 9.13 Å². The Balaban J connectivity index is 1.71. The molecule has 208 valence electrons. The second kappa shape index (κ2) is 9.94. The molecule has 8 nitrogen and oxygen atoms in total. The van der Waals surface area contributed by atoms with Gasteiger partial charge >= 0.3 is 0 Å². The van der Waals surface area contributed by atoms with E-state index in [1.165, 1.54) is 24.3 Å². The smallest absolute Gasteiger partial charge is 0.175 e. The van der Waals surface area contributed by atoms with E-state index in [0.29, 0.717) is 38.3 Å². The molecule has 45 heavy (non-hydrogen) atoms. The molecule has 0 aliphatic carbocycles. The lowest BCUT2D eigenvalue weighted by Gasteiger charge is -2.44. The first-order valence-corrected chi connectivity index (χ1v) is 16.9. The van der Waals surface area contributed by atoms with Crippen molar-refractivity contribution in [1.29, 1.82) is 26.3 Å². The van der Waals surface area contributed by atoms with Crippen LogP contribution in [0.1, 0.15) is 27.8 Å². The van der Waals surface area contributed by atoms with Gasteiger partial charge in [-0.05, 0) is 72.8 Å². The van der Waals surface area contributed by atoms with Gasteiger partial charge in [0.25, 0.3) is 0 Å². The van der Waals surface area contributed by atoms with Gasteiger partial charge in [-0.1, -0.05) is 24.3 Å². The van der Waals surface area contributed by atoms with Gasteiger partial charge in [-0.25, -0.2) is 0 Å². The summed E-state index contributed by atoms with van der Waals surface area (Å²) in [6.07, 6.45) is 0. The Bertz CT molecular complexity index is 2320. The van der Waals surface area contributed by atoms with Crippen LogP contribution >= 0.6 is 14.3 Å². The van der Waals surface area contributed by atoms with Gasteiger partial charge in [-0.2, -0.15) is 26.3 Å². The monoisotopic (exact) mass is 614 g/mol. The lowest BCUT2D eigenvalue weighted by Crippen LogP contribution is -2.46. The highest BCUT2D eigenvalue weighted by Crippen LogP contribution is 2.60. The van der Waals surface area contributed by atoms with Gasteiger partial charge in [0.05, 0.1) is 75.2 Å². The maximum Gasteiger partial charge on any atom is 0.175 e. The van der Waals surface area contributed by atoms with E-state index in [2.05, 4.69) is 30.3 Å².